The van der Waals surface area contributed by atoms with Crippen LogP contribution in [0.4, 0.5) is 0 Å². The lowest BCUT2D eigenvalue weighted by molar-refractivity contribution is -0.140. The zero-order valence-corrected chi connectivity index (χ0v) is 24.7. The zero-order valence-electron chi connectivity index (χ0n) is 22.3. The molecular formula is C29H35BrN2O6S. The lowest BCUT2D eigenvalue weighted by Gasteiger charge is -2.27. The fraction of sp³-hybridized carbons (Fsp3) is 0.448. The van der Waals surface area contributed by atoms with Crippen molar-refractivity contribution in [1.82, 2.24) is 10.6 Å². The summed E-state index contributed by atoms with van der Waals surface area (Å²) < 4.78 is 6.33. The molecule has 1 saturated carbocycles. The highest BCUT2D eigenvalue weighted by atomic mass is 79.9. The van der Waals surface area contributed by atoms with Gasteiger partial charge in [-0.15, -0.1) is 11.8 Å². The van der Waals surface area contributed by atoms with Gasteiger partial charge in [-0.05, 0) is 48.4 Å². The number of hydrogen-bond acceptors (Lipinski definition) is 6. The van der Waals surface area contributed by atoms with Crippen molar-refractivity contribution in [2.24, 2.45) is 11.8 Å². The molecule has 0 saturated heterocycles. The number of thioether (sulfide) groups is 1. The third-order valence-electron chi connectivity index (χ3n) is 6.59. The molecule has 3 N–H and O–H groups in total. The summed E-state index contributed by atoms with van der Waals surface area (Å²) in [4.78, 5) is 51.3. The molecular weight excluding hydrogens is 584 g/mol. The third-order valence-corrected chi connectivity index (χ3v) is 8.11. The van der Waals surface area contributed by atoms with Crippen LogP contribution in [0.15, 0.2) is 53.0 Å². The summed E-state index contributed by atoms with van der Waals surface area (Å²) in [5.74, 6) is -1.89. The van der Waals surface area contributed by atoms with Gasteiger partial charge >= 0.3 is 5.97 Å². The zero-order chi connectivity index (χ0) is 28.5. The van der Waals surface area contributed by atoms with Gasteiger partial charge in [-0.2, -0.15) is 0 Å². The van der Waals surface area contributed by atoms with E-state index in [0.29, 0.717) is 11.5 Å². The molecule has 0 aromatic heterocycles. The number of aliphatic carboxylic acids is 1. The number of benzene rings is 2. The molecule has 1 aliphatic rings. The number of carbonyl (C=O) groups is 4. The number of amides is 2. The minimum atomic E-state index is -1.19. The van der Waals surface area contributed by atoms with Crippen molar-refractivity contribution < 1.29 is 29.0 Å². The summed E-state index contributed by atoms with van der Waals surface area (Å²) in [5.41, 5.74) is 1.79. The molecule has 1 aliphatic carbocycles. The highest BCUT2D eigenvalue weighted by Crippen LogP contribution is 2.46. The number of carboxylic acid groups (broad SMARTS) is 1. The Morgan fingerprint density at radius 2 is 1.74 bits per heavy atom. The average molecular weight is 620 g/mol. The largest absolute Gasteiger partial charge is 0.496 e. The van der Waals surface area contributed by atoms with Gasteiger partial charge in [0.1, 0.15) is 11.8 Å². The van der Waals surface area contributed by atoms with Crippen LogP contribution in [-0.4, -0.2) is 53.6 Å². The number of carbonyl (C=O) groups excluding carboxylic acids is 3. The number of hydrogen-bond donors (Lipinski definition) is 3. The quantitative estimate of drug-likeness (QED) is 0.267. The molecule has 1 fully saturated rings. The maximum Gasteiger partial charge on any atom is 0.305 e. The van der Waals surface area contributed by atoms with Crippen LogP contribution >= 0.6 is 27.7 Å². The van der Waals surface area contributed by atoms with Crippen molar-refractivity contribution in [3.05, 3.63) is 64.1 Å². The Morgan fingerprint density at radius 1 is 1.05 bits per heavy atom. The molecule has 0 bridgehead atoms. The number of halogens is 1. The van der Waals surface area contributed by atoms with Gasteiger partial charge in [-0.25, -0.2) is 0 Å². The molecule has 39 heavy (non-hydrogen) atoms. The Labute approximate surface area is 241 Å². The molecule has 0 radical (unpaired) electrons. The van der Waals surface area contributed by atoms with E-state index in [-0.39, 0.29) is 29.3 Å². The van der Waals surface area contributed by atoms with Crippen molar-refractivity contribution in [2.45, 2.75) is 56.9 Å². The standard InChI is InChI=1S/C29H35BrN2O6S/c1-17(2)27(32-28(36)26(19-9-10-19)21-13-20(30)11-12-24(21)38-3)29(37)31-22(14-25(34)35)23(33)16-39-15-18-7-5-4-6-8-18/h4-8,11-13,17,19,22,26-27H,9-10,14-16H2,1-3H3,(H,31,37)(H,32,36)(H,34,35)/t22-,26+,27-/m0/s1. The van der Waals surface area contributed by atoms with E-state index < -0.39 is 36.3 Å². The Hall–Kier alpha value is -2.85. The van der Waals surface area contributed by atoms with Crippen LogP contribution in [0.5, 0.6) is 5.75 Å². The van der Waals surface area contributed by atoms with E-state index in [0.717, 1.165) is 28.4 Å². The minimum Gasteiger partial charge on any atom is -0.496 e. The minimum absolute atomic E-state index is 0.0538. The van der Waals surface area contributed by atoms with Crippen molar-refractivity contribution >= 4 is 51.3 Å². The van der Waals surface area contributed by atoms with Gasteiger partial charge in [0.25, 0.3) is 0 Å². The topological polar surface area (TPSA) is 122 Å². The van der Waals surface area contributed by atoms with Crippen molar-refractivity contribution in [3.8, 4) is 5.75 Å². The smallest absolute Gasteiger partial charge is 0.305 e. The van der Waals surface area contributed by atoms with Gasteiger partial charge in [0, 0.05) is 15.8 Å². The maximum atomic E-state index is 13.6. The summed E-state index contributed by atoms with van der Waals surface area (Å²) in [6.07, 6.45) is 1.25. The van der Waals surface area contributed by atoms with Crippen molar-refractivity contribution in [3.63, 3.8) is 0 Å². The van der Waals surface area contributed by atoms with Crippen LogP contribution < -0.4 is 15.4 Å². The van der Waals surface area contributed by atoms with E-state index in [1.165, 1.54) is 11.8 Å². The summed E-state index contributed by atoms with van der Waals surface area (Å²) in [7, 11) is 1.55. The third kappa shape index (κ3) is 9.10. The highest BCUT2D eigenvalue weighted by molar-refractivity contribution is 9.10. The van der Waals surface area contributed by atoms with Gasteiger partial charge in [-0.3, -0.25) is 19.2 Å². The molecule has 2 aromatic rings. The van der Waals surface area contributed by atoms with Crippen LogP contribution in [-0.2, 0) is 24.9 Å². The van der Waals surface area contributed by atoms with E-state index in [1.807, 2.05) is 42.5 Å². The molecule has 8 nitrogen and oxygen atoms in total. The first-order valence-corrected chi connectivity index (χ1v) is 14.9. The van der Waals surface area contributed by atoms with Crippen LogP contribution in [0.1, 0.15) is 50.2 Å². The van der Waals surface area contributed by atoms with Gasteiger partial charge in [0.15, 0.2) is 5.78 Å². The second kappa shape index (κ2) is 14.5. The molecule has 0 unspecified atom stereocenters. The summed E-state index contributed by atoms with van der Waals surface area (Å²) in [6, 6.07) is 13.0. The van der Waals surface area contributed by atoms with E-state index in [9.17, 15) is 24.3 Å². The Bertz CT molecular complexity index is 1170. The first-order chi connectivity index (χ1) is 18.6. The second-order valence-corrected chi connectivity index (χ2v) is 11.9. The van der Waals surface area contributed by atoms with E-state index in [1.54, 1.807) is 27.0 Å². The number of rotatable bonds is 15. The first kappa shape index (κ1) is 30.7. The van der Waals surface area contributed by atoms with Gasteiger partial charge in [0.2, 0.25) is 11.8 Å². The molecule has 3 atom stereocenters. The van der Waals surface area contributed by atoms with Crippen molar-refractivity contribution in [1.29, 1.82) is 0 Å². The molecule has 0 heterocycles. The first-order valence-electron chi connectivity index (χ1n) is 12.9. The Morgan fingerprint density at radius 3 is 2.33 bits per heavy atom. The number of ketones is 1. The summed E-state index contributed by atoms with van der Waals surface area (Å²) in [6.45, 7) is 3.58. The van der Waals surface area contributed by atoms with E-state index >= 15 is 0 Å². The number of methoxy groups -OCH3 is 1. The fourth-order valence-corrected chi connectivity index (χ4v) is 5.70. The number of carboxylic acids is 1. The van der Waals surface area contributed by atoms with E-state index in [2.05, 4.69) is 26.6 Å². The SMILES string of the molecule is COc1ccc(Br)cc1[C@H](C(=O)N[C@H](C(=O)N[C@@H](CC(=O)O)C(=O)CSCc1ccccc1)C(C)C)C1CC1. The summed E-state index contributed by atoms with van der Waals surface area (Å²) >= 11 is 4.83. The normalized spacial score (nSPS) is 15.2. The van der Waals surface area contributed by atoms with Crippen LogP contribution in [0.2, 0.25) is 0 Å². The fourth-order valence-electron chi connectivity index (χ4n) is 4.39. The van der Waals surface area contributed by atoms with Gasteiger partial charge in [-0.1, -0.05) is 60.1 Å². The van der Waals surface area contributed by atoms with Crippen LogP contribution in [0.3, 0.4) is 0 Å². The number of Topliss-reactive ketones (excluding diaryl/α,β-unsaturated/α-hetero) is 1. The van der Waals surface area contributed by atoms with Crippen molar-refractivity contribution in [2.75, 3.05) is 12.9 Å². The Kier molecular flexibility index (Phi) is 11.4. The predicted octanol–water partition coefficient (Wildman–Crippen LogP) is 4.55. The lowest BCUT2D eigenvalue weighted by Crippen LogP contribution is -2.55. The molecule has 2 amide bonds. The van der Waals surface area contributed by atoms with E-state index in [4.69, 9.17) is 4.74 Å². The molecule has 210 valence electrons. The second-order valence-electron chi connectivity index (χ2n) is 10.0. The maximum absolute atomic E-state index is 13.6. The molecule has 2 aromatic carbocycles. The lowest BCUT2D eigenvalue weighted by atomic mass is 9.91. The molecule has 0 aliphatic heterocycles. The average Bonchev–Trinajstić information content (AvgIpc) is 3.72. The number of ether oxygens (including phenoxy) is 1. The van der Waals surface area contributed by atoms with Gasteiger partial charge in [0.05, 0.1) is 31.2 Å². The van der Waals surface area contributed by atoms with Crippen LogP contribution in [0, 0.1) is 11.8 Å². The molecule has 3 rings (SSSR count). The van der Waals surface area contributed by atoms with Crippen LogP contribution in [0.25, 0.3) is 0 Å². The molecule has 10 heteroatoms. The highest BCUT2D eigenvalue weighted by Gasteiger charge is 2.41. The van der Waals surface area contributed by atoms with Gasteiger partial charge < -0.3 is 20.5 Å². The predicted molar refractivity (Wildman–Crippen MR) is 155 cm³/mol. The Balaban J connectivity index is 1.70. The monoisotopic (exact) mass is 618 g/mol. The number of nitrogens with one attached hydrogen (secondary N) is 2. The summed E-state index contributed by atoms with van der Waals surface area (Å²) in [5, 5.41) is 14.9. The molecule has 0 spiro atoms.